The van der Waals surface area contributed by atoms with Crippen LogP contribution in [0.4, 0.5) is 21.3 Å². The Labute approximate surface area is 193 Å². The van der Waals surface area contributed by atoms with Gasteiger partial charge in [-0.2, -0.15) is 0 Å². The third-order valence-corrected chi connectivity index (χ3v) is 7.17. The zero-order chi connectivity index (χ0) is 23.6. The van der Waals surface area contributed by atoms with Crippen LogP contribution in [-0.4, -0.2) is 30.5 Å². The van der Waals surface area contributed by atoms with E-state index in [-0.39, 0.29) is 15.6 Å². The SMILES string of the molecule is Cc1c(NC(=O)Nc2ccc3sc(NS(=O)(=O)c4ccccc4)nc3c2)cccc1C(=O)O. The Balaban J connectivity index is 1.49. The summed E-state index contributed by atoms with van der Waals surface area (Å²) in [5.74, 6) is -1.08. The van der Waals surface area contributed by atoms with Crippen molar-refractivity contribution in [2.45, 2.75) is 11.8 Å². The number of carbonyl (C=O) groups is 2. The van der Waals surface area contributed by atoms with Crippen LogP contribution in [-0.2, 0) is 10.0 Å². The number of aromatic nitrogens is 1. The summed E-state index contributed by atoms with van der Waals surface area (Å²) in [5, 5.41) is 14.7. The molecular formula is C22H18N4O5S2. The second-order valence-electron chi connectivity index (χ2n) is 6.98. The number of carboxylic acid groups (broad SMARTS) is 1. The smallest absolute Gasteiger partial charge is 0.336 e. The van der Waals surface area contributed by atoms with Crippen molar-refractivity contribution in [2.75, 3.05) is 15.4 Å². The molecule has 0 radical (unpaired) electrons. The van der Waals surface area contributed by atoms with Crippen molar-refractivity contribution in [3.05, 3.63) is 77.9 Å². The number of urea groups is 1. The fourth-order valence-corrected chi connectivity index (χ4v) is 5.21. The van der Waals surface area contributed by atoms with Gasteiger partial charge < -0.3 is 15.7 Å². The fourth-order valence-electron chi connectivity index (χ4n) is 3.11. The Morgan fingerprint density at radius 2 is 1.73 bits per heavy atom. The van der Waals surface area contributed by atoms with E-state index in [1.807, 2.05) is 0 Å². The van der Waals surface area contributed by atoms with Crippen molar-refractivity contribution in [1.82, 2.24) is 4.98 Å². The van der Waals surface area contributed by atoms with Gasteiger partial charge in [0.15, 0.2) is 5.13 Å². The van der Waals surface area contributed by atoms with Crippen LogP contribution in [0.15, 0.2) is 71.6 Å². The molecule has 4 rings (SSSR count). The summed E-state index contributed by atoms with van der Waals surface area (Å²) in [6, 6.07) is 17.0. The maximum atomic E-state index is 12.5. The largest absolute Gasteiger partial charge is 0.478 e. The number of carboxylic acids is 1. The number of hydrogen-bond acceptors (Lipinski definition) is 6. The summed E-state index contributed by atoms with van der Waals surface area (Å²) in [5.41, 5.74) is 1.86. The predicted octanol–water partition coefficient (Wildman–Crippen LogP) is 4.75. The molecule has 168 valence electrons. The summed E-state index contributed by atoms with van der Waals surface area (Å²) in [4.78, 5) is 28.1. The number of sulfonamides is 1. The van der Waals surface area contributed by atoms with Gasteiger partial charge in [0.25, 0.3) is 10.0 Å². The number of fused-ring (bicyclic) bond motifs is 1. The summed E-state index contributed by atoms with van der Waals surface area (Å²) in [6.07, 6.45) is 0. The van der Waals surface area contributed by atoms with Crippen LogP contribution in [0.2, 0.25) is 0 Å². The van der Waals surface area contributed by atoms with Gasteiger partial charge in [0.05, 0.1) is 20.7 Å². The highest BCUT2D eigenvalue weighted by molar-refractivity contribution is 7.93. The molecule has 0 aliphatic heterocycles. The molecule has 4 aromatic rings. The molecule has 0 aliphatic rings. The lowest BCUT2D eigenvalue weighted by atomic mass is 10.1. The Bertz CT molecular complexity index is 1470. The van der Waals surface area contributed by atoms with E-state index in [9.17, 15) is 23.1 Å². The van der Waals surface area contributed by atoms with E-state index in [1.54, 1.807) is 55.5 Å². The molecule has 0 saturated carbocycles. The first kappa shape index (κ1) is 22.2. The number of thiazole rings is 1. The molecule has 0 fully saturated rings. The number of aromatic carboxylic acids is 1. The normalized spacial score (nSPS) is 11.2. The van der Waals surface area contributed by atoms with Crippen molar-refractivity contribution in [3.63, 3.8) is 0 Å². The molecule has 3 aromatic carbocycles. The van der Waals surface area contributed by atoms with Crippen LogP contribution >= 0.6 is 11.3 Å². The van der Waals surface area contributed by atoms with Crippen LogP contribution in [0, 0.1) is 6.92 Å². The lowest BCUT2D eigenvalue weighted by Gasteiger charge is -2.11. The molecule has 0 saturated heterocycles. The Kier molecular flexibility index (Phi) is 5.99. The van der Waals surface area contributed by atoms with Crippen LogP contribution < -0.4 is 15.4 Å². The molecule has 2 amide bonds. The van der Waals surface area contributed by atoms with Crippen LogP contribution in [0.5, 0.6) is 0 Å². The van der Waals surface area contributed by atoms with E-state index in [0.29, 0.717) is 22.5 Å². The standard InChI is InChI=1S/C22H18N4O5S2/c1-13-16(20(27)28)8-5-9-17(13)24-21(29)23-14-10-11-19-18(12-14)25-22(32-19)26-33(30,31)15-6-3-2-4-7-15/h2-12H,1H3,(H,25,26)(H,27,28)(H2,23,24,29). The summed E-state index contributed by atoms with van der Waals surface area (Å²) in [7, 11) is -3.76. The average Bonchev–Trinajstić information content (AvgIpc) is 3.16. The predicted molar refractivity (Wildman–Crippen MR) is 128 cm³/mol. The molecule has 11 heteroatoms. The average molecular weight is 483 g/mol. The van der Waals surface area contributed by atoms with Gasteiger partial charge in [0.2, 0.25) is 0 Å². The fraction of sp³-hybridized carbons (Fsp3) is 0.0455. The molecular weight excluding hydrogens is 464 g/mol. The highest BCUT2D eigenvalue weighted by Crippen LogP contribution is 2.30. The molecule has 4 N–H and O–H groups in total. The molecule has 0 bridgehead atoms. The van der Waals surface area contributed by atoms with Gasteiger partial charge in [-0.15, -0.1) is 0 Å². The molecule has 0 spiro atoms. The van der Waals surface area contributed by atoms with E-state index in [0.717, 1.165) is 4.70 Å². The molecule has 0 unspecified atom stereocenters. The Morgan fingerprint density at radius 3 is 2.45 bits per heavy atom. The molecule has 1 heterocycles. The number of rotatable bonds is 6. The van der Waals surface area contributed by atoms with Crippen LogP contribution in [0.3, 0.4) is 0 Å². The second kappa shape index (κ2) is 8.88. The highest BCUT2D eigenvalue weighted by Gasteiger charge is 2.17. The molecule has 0 aliphatic carbocycles. The van der Waals surface area contributed by atoms with Gasteiger partial charge in [-0.05, 0) is 55.0 Å². The number of benzene rings is 3. The zero-order valence-corrected chi connectivity index (χ0v) is 18.8. The molecule has 33 heavy (non-hydrogen) atoms. The number of anilines is 3. The van der Waals surface area contributed by atoms with E-state index in [2.05, 4.69) is 20.3 Å². The van der Waals surface area contributed by atoms with E-state index >= 15 is 0 Å². The zero-order valence-electron chi connectivity index (χ0n) is 17.2. The maximum absolute atomic E-state index is 12.5. The Morgan fingerprint density at radius 1 is 0.970 bits per heavy atom. The Hall–Kier alpha value is -3.96. The van der Waals surface area contributed by atoms with E-state index in [4.69, 9.17) is 0 Å². The van der Waals surface area contributed by atoms with Gasteiger partial charge in [-0.3, -0.25) is 4.72 Å². The number of amides is 2. The second-order valence-corrected chi connectivity index (χ2v) is 9.70. The lowest BCUT2D eigenvalue weighted by molar-refractivity contribution is 0.0696. The summed E-state index contributed by atoms with van der Waals surface area (Å²) < 4.78 is 28.2. The van der Waals surface area contributed by atoms with Crippen LogP contribution in [0.25, 0.3) is 10.2 Å². The van der Waals surface area contributed by atoms with Crippen molar-refractivity contribution in [1.29, 1.82) is 0 Å². The maximum Gasteiger partial charge on any atom is 0.336 e. The minimum Gasteiger partial charge on any atom is -0.478 e. The minimum atomic E-state index is -3.76. The van der Waals surface area contributed by atoms with Crippen molar-refractivity contribution in [2.24, 2.45) is 0 Å². The van der Waals surface area contributed by atoms with E-state index in [1.165, 1.54) is 29.5 Å². The topological polar surface area (TPSA) is 137 Å². The summed E-state index contributed by atoms with van der Waals surface area (Å²) >= 11 is 1.17. The molecule has 1 aromatic heterocycles. The third kappa shape index (κ3) is 4.94. The van der Waals surface area contributed by atoms with Crippen molar-refractivity contribution < 1.29 is 23.1 Å². The van der Waals surface area contributed by atoms with Gasteiger partial charge in [-0.1, -0.05) is 35.6 Å². The summed E-state index contributed by atoms with van der Waals surface area (Å²) in [6.45, 7) is 1.61. The first-order chi connectivity index (χ1) is 15.7. The highest BCUT2D eigenvalue weighted by atomic mass is 32.2. The van der Waals surface area contributed by atoms with Gasteiger partial charge in [-0.25, -0.2) is 23.0 Å². The van der Waals surface area contributed by atoms with Crippen molar-refractivity contribution in [3.8, 4) is 0 Å². The molecule has 0 atom stereocenters. The first-order valence-electron chi connectivity index (χ1n) is 9.62. The monoisotopic (exact) mass is 482 g/mol. The number of hydrogen-bond donors (Lipinski definition) is 4. The van der Waals surface area contributed by atoms with Gasteiger partial charge in [0, 0.05) is 11.4 Å². The van der Waals surface area contributed by atoms with Gasteiger partial charge in [0.1, 0.15) is 0 Å². The first-order valence-corrected chi connectivity index (χ1v) is 11.9. The number of carbonyl (C=O) groups excluding carboxylic acids is 1. The minimum absolute atomic E-state index is 0.0992. The molecule has 9 nitrogen and oxygen atoms in total. The van der Waals surface area contributed by atoms with Gasteiger partial charge >= 0.3 is 12.0 Å². The lowest BCUT2D eigenvalue weighted by Crippen LogP contribution is -2.20. The number of nitrogens with one attached hydrogen (secondary N) is 3. The number of nitrogens with zero attached hydrogens (tertiary/aromatic N) is 1. The van der Waals surface area contributed by atoms with E-state index < -0.39 is 22.0 Å². The third-order valence-electron chi connectivity index (χ3n) is 4.73. The quantitative estimate of drug-likeness (QED) is 0.313. The van der Waals surface area contributed by atoms with Crippen LogP contribution in [0.1, 0.15) is 15.9 Å². The van der Waals surface area contributed by atoms with Crippen molar-refractivity contribution >= 4 is 60.1 Å².